The molecule has 0 heterocycles. The molecule has 0 amide bonds. The average molecular weight is 390 g/mol. The number of nitro groups is 1. The fourth-order valence-corrected chi connectivity index (χ4v) is 3.45. The molecule has 8 heteroatoms. The van der Waals surface area contributed by atoms with E-state index in [-0.39, 0.29) is 27.1 Å². The molecule has 0 aliphatic rings. The minimum absolute atomic E-state index is 0.00667. The number of hydrogen-bond acceptors (Lipinski definition) is 6. The first-order chi connectivity index (χ1) is 11.4. The summed E-state index contributed by atoms with van der Waals surface area (Å²) in [6, 6.07) is 8.07. The van der Waals surface area contributed by atoms with E-state index >= 15 is 0 Å². The molecule has 120 valence electrons. The molecule has 0 radical (unpaired) electrons. The van der Waals surface area contributed by atoms with Gasteiger partial charge in [-0.15, -0.1) is 0 Å². The Morgan fingerprint density at radius 2 is 1.83 bits per heavy atom. The van der Waals surface area contributed by atoms with Crippen molar-refractivity contribution in [1.82, 2.24) is 0 Å². The summed E-state index contributed by atoms with van der Waals surface area (Å²) >= 11 is 3.02. The smallest absolute Gasteiger partial charge is 0.329 e. The Bertz CT molecular complexity index is 1060. The first-order valence-corrected chi connectivity index (χ1v) is 7.40. The van der Waals surface area contributed by atoms with E-state index in [1.54, 1.807) is 24.3 Å². The number of benzene rings is 3. The molecule has 3 aromatic rings. The Morgan fingerprint density at radius 1 is 1.17 bits per heavy atom. The molecule has 0 unspecified atom stereocenters. The Hall–Kier alpha value is -3.00. The van der Waals surface area contributed by atoms with E-state index in [4.69, 9.17) is 0 Å². The Morgan fingerprint density at radius 3 is 2.46 bits per heavy atom. The van der Waals surface area contributed by atoms with Crippen molar-refractivity contribution in [2.45, 2.75) is 0 Å². The van der Waals surface area contributed by atoms with Gasteiger partial charge in [-0.25, -0.2) is 0 Å². The zero-order valence-electron chi connectivity index (χ0n) is 11.8. The van der Waals surface area contributed by atoms with E-state index in [2.05, 4.69) is 15.9 Å². The van der Waals surface area contributed by atoms with Crippen LogP contribution in [0.15, 0.2) is 34.8 Å². The quantitative estimate of drug-likeness (QED) is 0.135. The van der Waals surface area contributed by atoms with Gasteiger partial charge in [0.15, 0.2) is 12.0 Å². The van der Waals surface area contributed by atoms with E-state index in [0.29, 0.717) is 10.8 Å². The lowest BCUT2D eigenvalue weighted by molar-refractivity contribution is -0.386. The number of ketones is 1. The van der Waals surface area contributed by atoms with Gasteiger partial charge in [0.2, 0.25) is 11.5 Å². The highest BCUT2D eigenvalue weighted by atomic mass is 79.9. The van der Waals surface area contributed by atoms with Gasteiger partial charge in [-0.1, -0.05) is 24.3 Å². The Labute approximate surface area is 142 Å². The number of nitro benzene ring substituents is 1. The van der Waals surface area contributed by atoms with Crippen LogP contribution in [0.25, 0.3) is 21.5 Å². The molecule has 7 nitrogen and oxygen atoms in total. The third-order valence-corrected chi connectivity index (χ3v) is 4.49. The van der Waals surface area contributed by atoms with Crippen molar-refractivity contribution >= 4 is 55.2 Å². The molecule has 0 atom stereocenters. The van der Waals surface area contributed by atoms with E-state index in [0.717, 1.165) is 0 Å². The predicted molar refractivity (Wildman–Crippen MR) is 89.5 cm³/mol. The number of rotatable bonds is 3. The van der Waals surface area contributed by atoms with Crippen molar-refractivity contribution in [3.63, 3.8) is 0 Å². The topological polar surface area (TPSA) is 118 Å². The van der Waals surface area contributed by atoms with Crippen molar-refractivity contribution in [3.8, 4) is 11.5 Å². The van der Waals surface area contributed by atoms with E-state index < -0.39 is 27.9 Å². The number of halogens is 1. The van der Waals surface area contributed by atoms with Crippen molar-refractivity contribution in [1.29, 1.82) is 0 Å². The lowest BCUT2D eigenvalue weighted by atomic mass is 9.93. The molecular formula is C16H8BrNO6. The summed E-state index contributed by atoms with van der Waals surface area (Å²) in [7, 11) is 0. The standard InChI is InChI=1S/C16H8BrNO6/c17-13-12-9(15(21)16(22)14(13)18(23)24)5-7-3-1-2-4-8(7)11(12)10(20)6-19/h1-6,21-22H. The fourth-order valence-electron chi connectivity index (χ4n) is 2.71. The Balaban J connectivity index is 2.70. The molecule has 0 aliphatic heterocycles. The number of carbonyl (C=O) groups excluding carboxylic acids is 2. The number of aldehydes is 1. The minimum atomic E-state index is -0.917. The second kappa shape index (κ2) is 5.57. The predicted octanol–water partition coefficient (Wildman–Crippen LogP) is 3.46. The summed E-state index contributed by atoms with van der Waals surface area (Å²) in [6.07, 6.45) is 0.101. The lowest BCUT2D eigenvalue weighted by Crippen LogP contribution is -2.04. The van der Waals surface area contributed by atoms with Crippen LogP contribution in [0.4, 0.5) is 5.69 Å². The second-order valence-corrected chi connectivity index (χ2v) is 5.79. The number of aromatic hydroxyl groups is 2. The molecule has 24 heavy (non-hydrogen) atoms. The molecule has 0 saturated heterocycles. The van der Waals surface area contributed by atoms with Gasteiger partial charge in [-0.05, 0) is 32.8 Å². The summed E-state index contributed by atoms with van der Waals surface area (Å²) in [5, 5.41) is 32.3. The number of carbonyl (C=O) groups is 2. The van der Waals surface area contributed by atoms with Gasteiger partial charge in [-0.3, -0.25) is 19.7 Å². The summed E-state index contributed by atoms with van der Waals surface area (Å²) in [5.41, 5.74) is -0.862. The van der Waals surface area contributed by atoms with Crippen LogP contribution in [0.5, 0.6) is 11.5 Å². The number of fused-ring (bicyclic) bond motifs is 2. The van der Waals surface area contributed by atoms with E-state index in [1.807, 2.05) is 0 Å². The summed E-state index contributed by atoms with van der Waals surface area (Å²) in [5.74, 6) is -2.54. The maximum absolute atomic E-state index is 12.2. The van der Waals surface area contributed by atoms with Gasteiger partial charge in [0.25, 0.3) is 0 Å². The van der Waals surface area contributed by atoms with Crippen LogP contribution < -0.4 is 0 Å². The summed E-state index contributed by atoms with van der Waals surface area (Å²) in [6.45, 7) is 0. The molecule has 0 fully saturated rings. The highest BCUT2D eigenvalue weighted by molar-refractivity contribution is 9.10. The van der Waals surface area contributed by atoms with Crippen LogP contribution in [0.2, 0.25) is 0 Å². The second-order valence-electron chi connectivity index (χ2n) is 4.99. The fraction of sp³-hybridized carbons (Fsp3) is 0. The average Bonchev–Trinajstić information content (AvgIpc) is 2.57. The van der Waals surface area contributed by atoms with Gasteiger partial charge in [-0.2, -0.15) is 0 Å². The Kier molecular flexibility index (Phi) is 3.69. The first-order valence-electron chi connectivity index (χ1n) is 6.61. The van der Waals surface area contributed by atoms with Gasteiger partial charge in [0.05, 0.1) is 4.92 Å². The van der Waals surface area contributed by atoms with Gasteiger partial charge in [0, 0.05) is 16.3 Å². The summed E-state index contributed by atoms with van der Waals surface area (Å²) < 4.78 is -0.186. The van der Waals surface area contributed by atoms with E-state index in [9.17, 15) is 29.9 Å². The largest absolute Gasteiger partial charge is 0.504 e. The van der Waals surface area contributed by atoms with Crippen LogP contribution in [-0.4, -0.2) is 27.2 Å². The van der Waals surface area contributed by atoms with Crippen LogP contribution >= 0.6 is 15.9 Å². The monoisotopic (exact) mass is 389 g/mol. The number of Topliss-reactive ketones (excluding diaryl/α,β-unsaturated/α-hetero) is 1. The number of phenols is 2. The molecule has 0 aliphatic carbocycles. The highest BCUT2D eigenvalue weighted by Crippen LogP contribution is 2.49. The van der Waals surface area contributed by atoms with Gasteiger partial charge < -0.3 is 10.2 Å². The summed E-state index contributed by atoms with van der Waals surface area (Å²) in [4.78, 5) is 33.5. The van der Waals surface area contributed by atoms with Crippen molar-refractivity contribution in [2.75, 3.05) is 0 Å². The molecule has 3 rings (SSSR count). The van der Waals surface area contributed by atoms with Crippen molar-refractivity contribution in [3.05, 3.63) is 50.5 Å². The van der Waals surface area contributed by atoms with Gasteiger partial charge >= 0.3 is 5.69 Å². The van der Waals surface area contributed by atoms with Crippen LogP contribution in [0.3, 0.4) is 0 Å². The maximum Gasteiger partial charge on any atom is 0.329 e. The maximum atomic E-state index is 12.2. The molecule has 3 aromatic carbocycles. The number of phenolic OH excluding ortho intramolecular Hbond substituents is 2. The first kappa shape index (κ1) is 15.9. The zero-order chi connectivity index (χ0) is 17.6. The molecule has 0 saturated carbocycles. The van der Waals surface area contributed by atoms with Crippen LogP contribution in [0, 0.1) is 10.1 Å². The zero-order valence-corrected chi connectivity index (χ0v) is 13.4. The molecule has 0 aromatic heterocycles. The molecule has 0 spiro atoms. The van der Waals surface area contributed by atoms with E-state index in [1.165, 1.54) is 6.07 Å². The van der Waals surface area contributed by atoms with Crippen molar-refractivity contribution in [2.24, 2.45) is 0 Å². The van der Waals surface area contributed by atoms with Crippen molar-refractivity contribution < 1.29 is 24.7 Å². The lowest BCUT2D eigenvalue weighted by Gasteiger charge is -2.13. The number of hydrogen-bond donors (Lipinski definition) is 2. The van der Waals surface area contributed by atoms with Crippen LogP contribution in [0.1, 0.15) is 10.4 Å². The molecule has 2 N–H and O–H groups in total. The highest BCUT2D eigenvalue weighted by Gasteiger charge is 2.29. The third kappa shape index (κ3) is 2.11. The molecule has 0 bridgehead atoms. The van der Waals surface area contributed by atoms with Gasteiger partial charge in [0.1, 0.15) is 4.47 Å². The SMILES string of the molecule is O=CC(=O)c1c2ccccc2cc2c(O)c(O)c([N+](=O)[O-])c(Br)c12. The normalized spacial score (nSPS) is 10.9. The third-order valence-electron chi connectivity index (χ3n) is 3.72. The number of nitrogens with zero attached hydrogens (tertiary/aromatic N) is 1. The minimum Gasteiger partial charge on any atom is -0.504 e. The van der Waals surface area contributed by atoms with Crippen LogP contribution in [-0.2, 0) is 4.79 Å². The molecular weight excluding hydrogens is 382 g/mol.